The molecule has 124 valence electrons. The van der Waals surface area contributed by atoms with Crippen LogP contribution in [-0.4, -0.2) is 5.43 Å². The average Bonchev–Trinajstić information content (AvgIpc) is 3.09. The van der Waals surface area contributed by atoms with Crippen molar-refractivity contribution in [2.45, 2.75) is 33.9 Å². The van der Waals surface area contributed by atoms with Crippen molar-refractivity contribution < 1.29 is 18.0 Å². The molecule has 0 N–H and O–H groups in total. The number of rotatable bonds is 0. The maximum atomic E-state index is 5.62. The second-order valence-corrected chi connectivity index (χ2v) is 28.7. The van der Waals surface area contributed by atoms with Gasteiger partial charge in [0.05, 0.1) is 0 Å². The molecule has 3 rings (SSSR count). The van der Waals surface area contributed by atoms with Gasteiger partial charge in [0.2, 0.25) is 0 Å². The first kappa shape index (κ1) is 20.9. The van der Waals surface area contributed by atoms with Crippen LogP contribution < -0.4 is 0 Å². The minimum atomic E-state index is -1.65. The van der Waals surface area contributed by atoms with Gasteiger partial charge in [-0.2, -0.15) is 23.8 Å². The first-order valence-corrected chi connectivity index (χ1v) is 20.1. The van der Waals surface area contributed by atoms with Gasteiger partial charge in [0.25, 0.3) is 0 Å². The van der Waals surface area contributed by atoms with E-state index in [2.05, 4.69) is 76.3 Å². The Kier molecular flexibility index (Phi) is 9.70. The van der Waals surface area contributed by atoms with Crippen LogP contribution in [0.1, 0.15) is 16.7 Å². The van der Waals surface area contributed by atoms with Crippen molar-refractivity contribution in [2.75, 3.05) is 0 Å². The number of aryl methyl sites for hydroxylation is 3. The zero-order valence-electron chi connectivity index (χ0n) is 14.5. The average molecular weight is 443 g/mol. The molecule has 3 aromatic rings. The molecule has 0 atom stereocenters. The number of halogens is 2. The van der Waals surface area contributed by atoms with Gasteiger partial charge in [0.15, 0.2) is 0 Å². The zero-order valence-corrected chi connectivity index (χ0v) is 19.4. The third-order valence-corrected chi connectivity index (χ3v) is 23.3. The molecule has 0 unspecified atom stereocenters. The topological polar surface area (TPSA) is 0 Å². The molecule has 0 saturated heterocycles. The number of hydrogen-bond donors (Lipinski definition) is 0. The molecule has 0 saturated carbocycles. The number of fused-ring (bicyclic) bond motifs is 1. The van der Waals surface area contributed by atoms with E-state index in [4.69, 9.17) is 17.0 Å². The largest absolute Gasteiger partial charge is 0.211 e. The molecule has 0 fully saturated rings. The summed E-state index contributed by atoms with van der Waals surface area (Å²) in [6.45, 7) is 10.8. The molecule has 0 spiro atoms. The van der Waals surface area contributed by atoms with Gasteiger partial charge in [-0.05, 0) is 0 Å². The summed E-state index contributed by atoms with van der Waals surface area (Å²) in [6, 6.07) is 19.0. The van der Waals surface area contributed by atoms with E-state index in [1.54, 1.807) is 0 Å². The second kappa shape index (κ2) is 10.7. The van der Waals surface area contributed by atoms with E-state index in [0.717, 1.165) is 0 Å². The van der Waals surface area contributed by atoms with Gasteiger partial charge in [-0.1, -0.05) is 26.8 Å². The van der Waals surface area contributed by atoms with Crippen LogP contribution in [0.4, 0.5) is 0 Å². The Labute approximate surface area is 155 Å². The Morgan fingerprint density at radius 3 is 2.00 bits per heavy atom. The van der Waals surface area contributed by atoms with E-state index in [1.165, 1.54) is 27.5 Å². The summed E-state index contributed by atoms with van der Waals surface area (Å²) in [5, 5.41) is 2.76. The molecule has 0 radical (unpaired) electrons. The standard InChI is InChI=1S/C11H11.C6H7.C2H6Si.2ClH.Zr/c1-8-7-10-5-3-4-6-11(10)9(8)2;1-6-4-2-3-5-6;1-3-2;;;/h3-7H,1-2H3;2-5H,1H3;1-2H3;2*1H;/q2*-1;;;;+2/p-2. The fourth-order valence-electron chi connectivity index (χ4n) is 1.99. The molecule has 0 bridgehead atoms. The molecule has 23 heavy (non-hydrogen) atoms. The van der Waals surface area contributed by atoms with Crippen LogP contribution in [0.5, 0.6) is 0 Å². The maximum Gasteiger partial charge on any atom is -0.0576 e. The molecule has 4 heteroatoms. The Hall–Kier alpha value is -0.140. The van der Waals surface area contributed by atoms with Gasteiger partial charge in [-0.3, -0.25) is 0 Å². The van der Waals surface area contributed by atoms with E-state index in [1.807, 2.05) is 12.1 Å². The molecular formula is C19H24Cl2SiZr-2. The molecular weight excluding hydrogens is 418 g/mol. The minimum Gasteiger partial charge on any atom is -0.211 e. The molecule has 0 nitrogen and oxygen atoms in total. The summed E-state index contributed by atoms with van der Waals surface area (Å²) in [6.07, 6.45) is 0. The molecule has 0 heterocycles. The summed E-state index contributed by atoms with van der Waals surface area (Å²) in [5.74, 6) is 0. The smallest absolute Gasteiger partial charge is 0.0576 e. The van der Waals surface area contributed by atoms with Crippen molar-refractivity contribution in [3.63, 3.8) is 0 Å². The SMILES string of the molecule is C[Si](C)=[Zr]([Cl])[Cl].Cc1[cH-]c2ccccc2c1C.Cc1cc[cH-]c1. The fraction of sp³-hybridized carbons (Fsp3) is 0.263. The van der Waals surface area contributed by atoms with Crippen molar-refractivity contribution >= 4 is 33.2 Å². The van der Waals surface area contributed by atoms with Crippen LogP contribution in [0.15, 0.2) is 54.6 Å². The first-order valence-electron chi connectivity index (χ1n) is 7.61. The molecule has 3 aromatic carbocycles. The summed E-state index contributed by atoms with van der Waals surface area (Å²) < 4.78 is 0. The summed E-state index contributed by atoms with van der Waals surface area (Å²) >= 11 is -1.65. The first-order chi connectivity index (χ1) is 10.8. The van der Waals surface area contributed by atoms with Crippen molar-refractivity contribution in [3.05, 3.63) is 71.3 Å². The van der Waals surface area contributed by atoms with Gasteiger partial charge in [-0.15, -0.1) is 40.6 Å². The van der Waals surface area contributed by atoms with Crippen molar-refractivity contribution in [2.24, 2.45) is 0 Å². The normalized spacial score (nSPS) is 9.52. The van der Waals surface area contributed by atoms with Crippen LogP contribution in [0.2, 0.25) is 13.1 Å². The van der Waals surface area contributed by atoms with Gasteiger partial charge in [0.1, 0.15) is 0 Å². The molecule has 0 aliphatic heterocycles. The summed E-state index contributed by atoms with van der Waals surface area (Å²) in [5.41, 5.74) is 3.93. The number of benzene rings is 1. The van der Waals surface area contributed by atoms with Crippen LogP contribution in [0.25, 0.3) is 10.8 Å². The van der Waals surface area contributed by atoms with E-state index >= 15 is 0 Å². The Morgan fingerprint density at radius 2 is 1.61 bits per heavy atom. The minimum absolute atomic E-state index is 0.224. The zero-order chi connectivity index (χ0) is 17.4. The van der Waals surface area contributed by atoms with Crippen molar-refractivity contribution in [3.8, 4) is 0 Å². The summed E-state index contributed by atoms with van der Waals surface area (Å²) in [7, 11) is 11.2. The predicted octanol–water partition coefficient (Wildman–Crippen LogP) is 7.05. The Bertz CT molecular complexity index is 737. The molecule has 0 amide bonds. The Morgan fingerprint density at radius 1 is 1.00 bits per heavy atom. The molecule has 0 aliphatic rings. The van der Waals surface area contributed by atoms with Gasteiger partial charge in [0, 0.05) is 0 Å². The maximum absolute atomic E-state index is 5.62. The number of hydrogen-bond acceptors (Lipinski definition) is 0. The quantitative estimate of drug-likeness (QED) is 0.258. The van der Waals surface area contributed by atoms with Gasteiger partial charge < -0.3 is 0 Å². The molecule has 0 aliphatic carbocycles. The van der Waals surface area contributed by atoms with E-state index in [9.17, 15) is 0 Å². The van der Waals surface area contributed by atoms with E-state index < -0.39 is 18.0 Å². The third kappa shape index (κ3) is 7.52. The van der Waals surface area contributed by atoms with E-state index in [-0.39, 0.29) is 5.43 Å². The van der Waals surface area contributed by atoms with E-state index in [0.29, 0.717) is 0 Å². The van der Waals surface area contributed by atoms with Crippen LogP contribution in [0, 0.1) is 20.8 Å². The van der Waals surface area contributed by atoms with Crippen LogP contribution in [0.3, 0.4) is 0 Å². The fourth-order valence-corrected chi connectivity index (χ4v) is 1.99. The summed E-state index contributed by atoms with van der Waals surface area (Å²) in [4.78, 5) is 0. The van der Waals surface area contributed by atoms with Gasteiger partial charge in [-0.25, -0.2) is 11.6 Å². The third-order valence-electron chi connectivity index (χ3n) is 3.54. The van der Waals surface area contributed by atoms with Crippen molar-refractivity contribution in [1.29, 1.82) is 0 Å². The van der Waals surface area contributed by atoms with Crippen LogP contribution >= 0.6 is 17.0 Å². The van der Waals surface area contributed by atoms with Crippen LogP contribution in [-0.2, 0) is 18.0 Å². The Balaban J connectivity index is 0.000000189. The van der Waals surface area contributed by atoms with Gasteiger partial charge >= 0.3 is 53.5 Å². The monoisotopic (exact) mass is 440 g/mol. The predicted molar refractivity (Wildman–Crippen MR) is 105 cm³/mol. The van der Waals surface area contributed by atoms with Crippen molar-refractivity contribution in [1.82, 2.24) is 0 Å². The second-order valence-electron chi connectivity index (χ2n) is 5.76. The molecule has 0 aromatic heterocycles.